The van der Waals surface area contributed by atoms with Gasteiger partial charge in [-0.15, -0.1) is 0 Å². The van der Waals surface area contributed by atoms with Crippen LogP contribution in [0.3, 0.4) is 0 Å². The number of carbonyl (C=O) groups excluding carboxylic acids is 2. The number of benzene rings is 2. The monoisotopic (exact) mass is 380 g/mol. The summed E-state index contributed by atoms with van der Waals surface area (Å²) < 4.78 is 15.8. The zero-order valence-corrected chi connectivity index (χ0v) is 15.8. The summed E-state index contributed by atoms with van der Waals surface area (Å²) in [6.07, 6.45) is -1.04. The highest BCUT2D eigenvalue weighted by molar-refractivity contribution is 6.05. The average Bonchev–Trinajstić information content (AvgIpc) is 2.72. The lowest BCUT2D eigenvalue weighted by molar-refractivity contribution is -0.125. The summed E-state index contributed by atoms with van der Waals surface area (Å²) in [7, 11) is 3.10. The molecular formula is C21H20N2O5. The molecule has 3 aromatic rings. The van der Waals surface area contributed by atoms with Crippen LogP contribution in [0.4, 0.5) is 0 Å². The molecule has 0 saturated carbocycles. The molecule has 144 valence electrons. The topological polar surface area (TPSA) is 101 Å². The van der Waals surface area contributed by atoms with E-state index in [0.717, 1.165) is 5.56 Å². The SMILES string of the molecule is COc1ccc(-c2cc(C(=O)O[C@H](C)C(N)=O)c3ccccc3n2)cc1OC. The molecule has 7 nitrogen and oxygen atoms in total. The van der Waals surface area contributed by atoms with E-state index >= 15 is 0 Å². The van der Waals surface area contributed by atoms with E-state index in [-0.39, 0.29) is 0 Å². The van der Waals surface area contributed by atoms with Crippen molar-refractivity contribution in [1.29, 1.82) is 0 Å². The number of ether oxygens (including phenoxy) is 3. The van der Waals surface area contributed by atoms with E-state index in [1.807, 2.05) is 12.1 Å². The predicted molar refractivity (Wildman–Crippen MR) is 104 cm³/mol. The van der Waals surface area contributed by atoms with E-state index in [9.17, 15) is 9.59 Å². The van der Waals surface area contributed by atoms with Crippen LogP contribution < -0.4 is 15.2 Å². The highest BCUT2D eigenvalue weighted by atomic mass is 16.5. The fourth-order valence-electron chi connectivity index (χ4n) is 2.77. The van der Waals surface area contributed by atoms with Gasteiger partial charge in [-0.25, -0.2) is 9.78 Å². The van der Waals surface area contributed by atoms with Crippen LogP contribution in [0.1, 0.15) is 17.3 Å². The molecule has 0 fully saturated rings. The number of hydrogen-bond donors (Lipinski definition) is 1. The Labute approximate surface area is 162 Å². The molecule has 1 amide bonds. The second kappa shape index (κ2) is 7.96. The average molecular weight is 380 g/mol. The molecule has 28 heavy (non-hydrogen) atoms. The molecule has 0 bridgehead atoms. The number of primary amides is 1. The molecular weight excluding hydrogens is 360 g/mol. The van der Waals surface area contributed by atoms with Crippen molar-refractivity contribution < 1.29 is 23.8 Å². The first kappa shape index (κ1) is 19.2. The molecule has 0 aliphatic rings. The van der Waals surface area contributed by atoms with Crippen LogP contribution in [0.5, 0.6) is 11.5 Å². The van der Waals surface area contributed by atoms with Crippen LogP contribution >= 0.6 is 0 Å². The first-order chi connectivity index (χ1) is 13.4. The van der Waals surface area contributed by atoms with Gasteiger partial charge in [-0.05, 0) is 37.3 Å². The quantitative estimate of drug-likeness (QED) is 0.660. The highest BCUT2D eigenvalue weighted by Crippen LogP contribution is 2.33. The number of esters is 1. The number of para-hydroxylation sites is 1. The normalized spacial score (nSPS) is 11.7. The number of hydrogen-bond acceptors (Lipinski definition) is 6. The summed E-state index contributed by atoms with van der Waals surface area (Å²) >= 11 is 0. The first-order valence-electron chi connectivity index (χ1n) is 8.57. The van der Waals surface area contributed by atoms with Gasteiger partial charge in [0.05, 0.1) is 31.0 Å². The van der Waals surface area contributed by atoms with Crippen molar-refractivity contribution in [2.24, 2.45) is 5.73 Å². The Balaban J connectivity index is 2.13. The molecule has 0 radical (unpaired) electrons. The maximum atomic E-state index is 12.7. The number of carbonyl (C=O) groups is 2. The summed E-state index contributed by atoms with van der Waals surface area (Å²) in [6, 6.07) is 14.2. The smallest absolute Gasteiger partial charge is 0.339 e. The van der Waals surface area contributed by atoms with Crippen LogP contribution in [-0.2, 0) is 9.53 Å². The van der Waals surface area contributed by atoms with Crippen molar-refractivity contribution in [3.8, 4) is 22.8 Å². The van der Waals surface area contributed by atoms with Gasteiger partial charge in [-0.1, -0.05) is 18.2 Å². The number of pyridine rings is 1. The lowest BCUT2D eigenvalue weighted by atomic mass is 10.0. The minimum atomic E-state index is -1.04. The number of methoxy groups -OCH3 is 2. The van der Waals surface area contributed by atoms with Crippen molar-refractivity contribution in [3.05, 3.63) is 54.1 Å². The zero-order valence-electron chi connectivity index (χ0n) is 15.8. The van der Waals surface area contributed by atoms with E-state index in [1.165, 1.54) is 6.92 Å². The Morgan fingerprint density at radius 1 is 1.00 bits per heavy atom. The van der Waals surface area contributed by atoms with Crippen molar-refractivity contribution in [3.63, 3.8) is 0 Å². The Morgan fingerprint density at radius 3 is 2.39 bits per heavy atom. The van der Waals surface area contributed by atoms with Crippen molar-refractivity contribution in [1.82, 2.24) is 4.98 Å². The predicted octanol–water partition coefficient (Wildman–Crippen LogP) is 2.95. The molecule has 2 aromatic carbocycles. The lowest BCUT2D eigenvalue weighted by Crippen LogP contribution is -2.30. The molecule has 3 rings (SSSR count). The van der Waals surface area contributed by atoms with Gasteiger partial charge in [0.1, 0.15) is 0 Å². The van der Waals surface area contributed by atoms with E-state index in [1.54, 1.807) is 50.6 Å². The summed E-state index contributed by atoms with van der Waals surface area (Å²) in [5, 5.41) is 0.619. The van der Waals surface area contributed by atoms with E-state index in [0.29, 0.717) is 33.7 Å². The Morgan fingerprint density at radius 2 is 1.71 bits per heavy atom. The van der Waals surface area contributed by atoms with Crippen molar-refractivity contribution in [2.45, 2.75) is 13.0 Å². The fourth-order valence-corrected chi connectivity index (χ4v) is 2.77. The lowest BCUT2D eigenvalue weighted by Gasteiger charge is -2.13. The fraction of sp³-hybridized carbons (Fsp3) is 0.190. The molecule has 2 N–H and O–H groups in total. The van der Waals surface area contributed by atoms with Crippen LogP contribution in [0.2, 0.25) is 0 Å². The van der Waals surface area contributed by atoms with Crippen LogP contribution in [0.15, 0.2) is 48.5 Å². The van der Waals surface area contributed by atoms with Gasteiger partial charge in [0.15, 0.2) is 17.6 Å². The number of aromatic nitrogens is 1. The standard InChI is InChI=1S/C21H20N2O5/c1-12(20(22)24)28-21(25)15-11-17(23-16-7-5-4-6-14(15)16)13-8-9-18(26-2)19(10-13)27-3/h4-12H,1-3H3,(H2,22,24)/t12-/m1/s1. The third-order valence-corrected chi connectivity index (χ3v) is 4.30. The number of nitrogens with two attached hydrogens (primary N) is 1. The molecule has 0 spiro atoms. The van der Waals surface area contributed by atoms with Gasteiger partial charge < -0.3 is 19.9 Å². The Hall–Kier alpha value is -3.61. The Bertz CT molecular complexity index is 1050. The van der Waals surface area contributed by atoms with Gasteiger partial charge in [0, 0.05) is 10.9 Å². The summed E-state index contributed by atoms with van der Waals surface area (Å²) in [4.78, 5) is 28.6. The maximum Gasteiger partial charge on any atom is 0.339 e. The van der Waals surface area contributed by atoms with Gasteiger partial charge in [0.2, 0.25) is 0 Å². The van der Waals surface area contributed by atoms with Crippen molar-refractivity contribution in [2.75, 3.05) is 14.2 Å². The number of nitrogens with zero attached hydrogens (tertiary/aromatic N) is 1. The van der Waals surface area contributed by atoms with E-state index in [4.69, 9.17) is 19.9 Å². The highest BCUT2D eigenvalue weighted by Gasteiger charge is 2.20. The second-order valence-corrected chi connectivity index (χ2v) is 6.09. The molecule has 1 aromatic heterocycles. The molecule has 0 saturated heterocycles. The zero-order chi connectivity index (χ0) is 20.3. The maximum absolute atomic E-state index is 12.7. The van der Waals surface area contributed by atoms with Gasteiger partial charge in [-0.2, -0.15) is 0 Å². The summed E-state index contributed by atoms with van der Waals surface area (Å²) in [6.45, 7) is 1.43. The Kier molecular flexibility index (Phi) is 5.44. The van der Waals surface area contributed by atoms with Crippen LogP contribution in [0, 0.1) is 0 Å². The molecule has 1 heterocycles. The van der Waals surface area contributed by atoms with E-state index < -0.39 is 18.0 Å². The van der Waals surface area contributed by atoms with Gasteiger partial charge in [0.25, 0.3) is 5.91 Å². The molecule has 0 unspecified atom stereocenters. The van der Waals surface area contributed by atoms with Gasteiger partial charge >= 0.3 is 5.97 Å². The molecule has 0 aliphatic carbocycles. The first-order valence-corrected chi connectivity index (χ1v) is 8.57. The largest absolute Gasteiger partial charge is 0.493 e. The molecule has 1 atom stereocenters. The number of amides is 1. The van der Waals surface area contributed by atoms with E-state index in [2.05, 4.69) is 4.98 Å². The number of rotatable bonds is 6. The van der Waals surface area contributed by atoms with Gasteiger partial charge in [-0.3, -0.25) is 4.79 Å². The molecule has 0 aliphatic heterocycles. The minimum absolute atomic E-state index is 0.295. The minimum Gasteiger partial charge on any atom is -0.493 e. The third kappa shape index (κ3) is 3.73. The molecule has 7 heteroatoms. The number of fused-ring (bicyclic) bond motifs is 1. The van der Waals surface area contributed by atoms with Crippen molar-refractivity contribution >= 4 is 22.8 Å². The third-order valence-electron chi connectivity index (χ3n) is 4.30. The summed E-state index contributed by atoms with van der Waals surface area (Å²) in [5.74, 6) is -0.234. The van der Waals surface area contributed by atoms with Crippen LogP contribution in [0.25, 0.3) is 22.2 Å². The van der Waals surface area contributed by atoms with Crippen LogP contribution in [-0.4, -0.2) is 37.2 Å². The summed E-state index contributed by atoms with van der Waals surface area (Å²) in [5.41, 5.74) is 7.41. The second-order valence-electron chi connectivity index (χ2n) is 6.09.